The zero-order chi connectivity index (χ0) is 24.4. The van der Waals surface area contributed by atoms with Crippen molar-refractivity contribution in [2.45, 2.75) is 32.5 Å². The molecule has 7 rings (SSSR count). The molecule has 4 aliphatic rings. The van der Waals surface area contributed by atoms with Gasteiger partial charge in [0.15, 0.2) is 5.82 Å². The summed E-state index contributed by atoms with van der Waals surface area (Å²) in [6, 6.07) is 12.5. The first-order chi connectivity index (χ1) is 17.5. The van der Waals surface area contributed by atoms with Crippen LogP contribution in [0.25, 0.3) is 5.69 Å². The van der Waals surface area contributed by atoms with E-state index in [4.69, 9.17) is 16.3 Å². The molecular formula is C26H27ClN8O. The number of nitrogens with zero attached hydrogens (tertiary/aromatic N) is 8. The molecule has 2 aromatic heterocycles. The van der Waals surface area contributed by atoms with Gasteiger partial charge in [-0.05, 0) is 49.2 Å². The highest BCUT2D eigenvalue weighted by atomic mass is 35.5. The highest BCUT2D eigenvalue weighted by Gasteiger charge is 2.53. The van der Waals surface area contributed by atoms with Crippen molar-refractivity contribution in [1.82, 2.24) is 24.6 Å². The number of halogens is 1. The molecule has 1 aromatic carbocycles. The summed E-state index contributed by atoms with van der Waals surface area (Å²) in [5.74, 6) is 2.83. The number of hydrogen-bond donors (Lipinski definition) is 0. The predicted molar refractivity (Wildman–Crippen MR) is 135 cm³/mol. The molecule has 4 aliphatic heterocycles. The van der Waals surface area contributed by atoms with E-state index in [2.05, 4.69) is 52.7 Å². The van der Waals surface area contributed by atoms with E-state index in [1.165, 1.54) is 5.56 Å². The molecule has 184 valence electrons. The largest absolute Gasteiger partial charge is 0.380 e. The summed E-state index contributed by atoms with van der Waals surface area (Å²) in [7, 11) is 0. The van der Waals surface area contributed by atoms with Gasteiger partial charge < -0.3 is 14.5 Å². The van der Waals surface area contributed by atoms with Crippen molar-refractivity contribution in [3.05, 3.63) is 58.0 Å². The Hall–Kier alpha value is -3.19. The lowest BCUT2D eigenvalue weighted by Crippen LogP contribution is -2.73. The molecule has 6 heterocycles. The van der Waals surface area contributed by atoms with Gasteiger partial charge in [-0.3, -0.25) is 9.47 Å². The van der Waals surface area contributed by atoms with E-state index in [1.54, 1.807) is 0 Å². The summed E-state index contributed by atoms with van der Waals surface area (Å²) in [6.45, 7) is 8.84. The Labute approximate surface area is 214 Å². The smallest absolute Gasteiger partial charge is 0.231 e. The van der Waals surface area contributed by atoms with Crippen molar-refractivity contribution < 1.29 is 4.74 Å². The number of rotatable bonds is 3. The number of hydrogen-bond acceptors (Lipinski definition) is 8. The van der Waals surface area contributed by atoms with Crippen molar-refractivity contribution in [2.75, 3.05) is 49.2 Å². The lowest BCUT2D eigenvalue weighted by molar-refractivity contribution is 0.133. The van der Waals surface area contributed by atoms with E-state index in [0.29, 0.717) is 11.6 Å². The van der Waals surface area contributed by atoms with E-state index in [9.17, 15) is 5.26 Å². The minimum Gasteiger partial charge on any atom is -0.380 e. The first kappa shape index (κ1) is 22.0. The van der Waals surface area contributed by atoms with Crippen LogP contribution in [0.3, 0.4) is 0 Å². The topological polar surface area (TPSA) is 86.3 Å². The summed E-state index contributed by atoms with van der Waals surface area (Å²) >= 11 is 6.41. The fraction of sp³-hybridized carbons (Fsp3) is 0.462. The first-order valence-electron chi connectivity index (χ1n) is 12.4. The Morgan fingerprint density at radius 3 is 2.67 bits per heavy atom. The number of ether oxygens (including phenoxy) is 1. The van der Waals surface area contributed by atoms with Crippen LogP contribution in [0.5, 0.6) is 0 Å². The normalized spacial score (nSPS) is 22.4. The van der Waals surface area contributed by atoms with Crippen molar-refractivity contribution in [2.24, 2.45) is 5.41 Å². The Morgan fingerprint density at radius 1 is 1.08 bits per heavy atom. The highest BCUT2D eigenvalue weighted by molar-refractivity contribution is 6.30. The van der Waals surface area contributed by atoms with Crippen LogP contribution in [-0.2, 0) is 17.8 Å². The van der Waals surface area contributed by atoms with Crippen LogP contribution in [0.15, 0.2) is 30.3 Å². The van der Waals surface area contributed by atoms with Gasteiger partial charge in [-0.25, -0.2) is 4.98 Å². The molecule has 10 heteroatoms. The molecule has 0 amide bonds. The third-order valence-corrected chi connectivity index (χ3v) is 8.27. The number of anilines is 2. The molecule has 3 fully saturated rings. The molecule has 36 heavy (non-hydrogen) atoms. The van der Waals surface area contributed by atoms with Crippen LogP contribution < -0.4 is 9.80 Å². The second-order valence-corrected chi connectivity index (χ2v) is 11.0. The number of fused-ring (bicyclic) bond motifs is 3. The minimum absolute atomic E-state index is 0.247. The predicted octanol–water partition coefficient (Wildman–Crippen LogP) is 2.93. The van der Waals surface area contributed by atoms with Gasteiger partial charge in [-0.1, -0.05) is 11.6 Å². The number of aromatic nitrogens is 4. The molecule has 0 aliphatic carbocycles. The average Bonchev–Trinajstić information content (AvgIpc) is 3.45. The molecule has 9 nitrogen and oxygen atoms in total. The molecule has 3 aromatic rings. The lowest BCUT2D eigenvalue weighted by atomic mass is 9.73. The van der Waals surface area contributed by atoms with E-state index in [-0.39, 0.29) is 5.41 Å². The molecule has 0 saturated carbocycles. The fourth-order valence-corrected chi connectivity index (χ4v) is 6.35. The molecule has 1 spiro atoms. The number of pyridine rings is 1. The van der Waals surface area contributed by atoms with Crippen molar-refractivity contribution in [1.29, 1.82) is 5.26 Å². The summed E-state index contributed by atoms with van der Waals surface area (Å²) in [4.78, 5) is 11.7. The summed E-state index contributed by atoms with van der Waals surface area (Å²) in [5.41, 5.74) is 3.98. The van der Waals surface area contributed by atoms with Gasteiger partial charge >= 0.3 is 0 Å². The molecule has 3 saturated heterocycles. The Balaban J connectivity index is 1.12. The van der Waals surface area contributed by atoms with Crippen LogP contribution in [0.4, 0.5) is 11.8 Å². The zero-order valence-corrected chi connectivity index (χ0v) is 20.9. The monoisotopic (exact) mass is 502 g/mol. The zero-order valence-electron chi connectivity index (χ0n) is 20.2. The van der Waals surface area contributed by atoms with Gasteiger partial charge in [0.2, 0.25) is 5.95 Å². The summed E-state index contributed by atoms with van der Waals surface area (Å²) < 4.78 is 7.91. The van der Waals surface area contributed by atoms with Gasteiger partial charge in [0.05, 0.1) is 30.1 Å². The highest BCUT2D eigenvalue weighted by Crippen LogP contribution is 2.44. The van der Waals surface area contributed by atoms with Gasteiger partial charge in [0.25, 0.3) is 0 Å². The Bertz CT molecular complexity index is 1380. The first-order valence-corrected chi connectivity index (χ1v) is 12.8. The Kier molecular flexibility index (Phi) is 5.00. The van der Waals surface area contributed by atoms with Gasteiger partial charge in [-0.15, -0.1) is 10.2 Å². The van der Waals surface area contributed by atoms with Crippen LogP contribution in [0.2, 0.25) is 5.02 Å². The van der Waals surface area contributed by atoms with Gasteiger partial charge in [0, 0.05) is 55.8 Å². The maximum Gasteiger partial charge on any atom is 0.231 e. The average molecular weight is 503 g/mol. The van der Waals surface area contributed by atoms with Crippen LogP contribution in [0.1, 0.15) is 29.1 Å². The summed E-state index contributed by atoms with van der Waals surface area (Å²) in [5, 5.41) is 19.2. The molecule has 0 unspecified atom stereocenters. The van der Waals surface area contributed by atoms with Gasteiger partial charge in [-0.2, -0.15) is 5.26 Å². The second-order valence-electron chi connectivity index (χ2n) is 10.6. The molecule has 0 N–H and O–H groups in total. The van der Waals surface area contributed by atoms with Crippen molar-refractivity contribution in [3.8, 4) is 11.8 Å². The van der Waals surface area contributed by atoms with Crippen LogP contribution >= 0.6 is 11.6 Å². The molecule has 0 bridgehead atoms. The van der Waals surface area contributed by atoms with E-state index in [0.717, 1.165) is 92.9 Å². The summed E-state index contributed by atoms with van der Waals surface area (Å²) in [6.07, 6.45) is 1.04. The van der Waals surface area contributed by atoms with E-state index in [1.807, 2.05) is 25.1 Å². The SMILES string of the molecule is Cc1nc(N2CC3(C2)CN(c2nnc4n2-c2ccc(Cl)cc2CN([C@H]2CCOC2)C4)C3)ccc1C#N. The second kappa shape index (κ2) is 8.17. The maximum absolute atomic E-state index is 9.18. The van der Waals surface area contributed by atoms with Crippen molar-refractivity contribution in [3.63, 3.8) is 0 Å². The molecule has 0 radical (unpaired) electrons. The van der Waals surface area contributed by atoms with Crippen molar-refractivity contribution >= 4 is 23.4 Å². The molecule has 1 atom stereocenters. The quantitative estimate of drug-likeness (QED) is 0.540. The van der Waals surface area contributed by atoms with E-state index < -0.39 is 0 Å². The van der Waals surface area contributed by atoms with Crippen LogP contribution in [-0.4, -0.2) is 70.1 Å². The number of nitriles is 1. The maximum atomic E-state index is 9.18. The lowest BCUT2D eigenvalue weighted by Gasteiger charge is -2.60. The third-order valence-electron chi connectivity index (χ3n) is 8.04. The van der Waals surface area contributed by atoms with Crippen LogP contribution in [0, 0.1) is 23.7 Å². The number of benzene rings is 1. The van der Waals surface area contributed by atoms with E-state index >= 15 is 0 Å². The van der Waals surface area contributed by atoms with Gasteiger partial charge in [0.1, 0.15) is 11.9 Å². The Morgan fingerprint density at radius 2 is 1.92 bits per heavy atom. The minimum atomic E-state index is 0.247. The fourth-order valence-electron chi connectivity index (χ4n) is 6.16. The third kappa shape index (κ3) is 3.47. The molecular weight excluding hydrogens is 476 g/mol. The standard InChI is InChI=1S/C26H27ClN8O/c1-17-18(9-28)2-5-23(29-17)33-13-26(14-33)15-34(16-26)25-31-30-24-11-32(21-6-7-36-12-21)10-19-8-20(27)3-4-22(19)35(24)25/h2-5,8,21H,6-7,10-16H2,1H3/t21-/m0/s1. The number of aryl methyl sites for hydroxylation is 1.